The summed E-state index contributed by atoms with van der Waals surface area (Å²) in [6, 6.07) is 6.92. The van der Waals surface area contributed by atoms with E-state index in [2.05, 4.69) is 0 Å². The lowest BCUT2D eigenvalue weighted by Crippen LogP contribution is -1.83. The zero-order chi connectivity index (χ0) is 10.6. The zero-order valence-electron chi connectivity index (χ0n) is 7.44. The van der Waals surface area contributed by atoms with Crippen LogP contribution in [0.15, 0.2) is 17.7 Å². The number of hydrogen-bond donors (Lipinski definition) is 0. The second-order valence-corrected chi connectivity index (χ2v) is 3.66. The van der Waals surface area contributed by atoms with Gasteiger partial charge in [0.2, 0.25) is 0 Å². The average molecular weight is 202 g/mol. The van der Waals surface area contributed by atoms with Gasteiger partial charge < -0.3 is 0 Å². The van der Waals surface area contributed by atoms with Gasteiger partial charge in [-0.2, -0.15) is 10.5 Å². The quantitative estimate of drug-likeness (QED) is 0.546. The van der Waals surface area contributed by atoms with Crippen LogP contribution in [0.3, 0.4) is 0 Å². The highest BCUT2D eigenvalue weighted by molar-refractivity contribution is 7.14. The maximum atomic E-state index is 10.9. The molecule has 3 nitrogen and oxygen atoms in total. The van der Waals surface area contributed by atoms with Gasteiger partial charge >= 0.3 is 0 Å². The Bertz CT molecular complexity index is 455. The Balaban J connectivity index is 3.01. The van der Waals surface area contributed by atoms with Crippen LogP contribution in [0.25, 0.3) is 6.08 Å². The summed E-state index contributed by atoms with van der Waals surface area (Å²) in [5.74, 6) is -0.00915. The molecule has 0 amide bonds. The highest BCUT2D eigenvalue weighted by atomic mass is 32.1. The predicted octanol–water partition coefficient (Wildman–Crippen LogP) is 2.38. The van der Waals surface area contributed by atoms with E-state index in [1.807, 2.05) is 0 Å². The number of ketones is 1. The maximum Gasteiger partial charge on any atom is 0.169 e. The van der Waals surface area contributed by atoms with E-state index in [-0.39, 0.29) is 11.4 Å². The van der Waals surface area contributed by atoms with Crippen molar-refractivity contribution >= 4 is 23.2 Å². The van der Waals surface area contributed by atoms with Gasteiger partial charge in [0, 0.05) is 4.88 Å². The number of thiophene rings is 1. The third-order valence-electron chi connectivity index (χ3n) is 1.50. The maximum absolute atomic E-state index is 10.9. The van der Waals surface area contributed by atoms with E-state index in [1.165, 1.54) is 24.3 Å². The van der Waals surface area contributed by atoms with Crippen molar-refractivity contribution < 1.29 is 4.79 Å². The van der Waals surface area contributed by atoms with Crippen molar-refractivity contribution in [3.05, 3.63) is 27.5 Å². The summed E-state index contributed by atoms with van der Waals surface area (Å²) in [7, 11) is 0. The third-order valence-corrected chi connectivity index (χ3v) is 2.63. The number of nitrogens with zero attached hydrogens (tertiary/aromatic N) is 2. The molecule has 0 aromatic carbocycles. The molecule has 0 aliphatic heterocycles. The fourth-order valence-electron chi connectivity index (χ4n) is 0.851. The first-order valence-electron chi connectivity index (χ1n) is 3.80. The zero-order valence-corrected chi connectivity index (χ0v) is 8.26. The summed E-state index contributed by atoms with van der Waals surface area (Å²) in [6.07, 6.45) is 1.47. The van der Waals surface area contributed by atoms with Gasteiger partial charge in [0.05, 0.1) is 4.88 Å². The van der Waals surface area contributed by atoms with Crippen molar-refractivity contribution in [3.8, 4) is 12.1 Å². The molecule has 0 atom stereocenters. The molecule has 0 saturated carbocycles. The van der Waals surface area contributed by atoms with Crippen molar-refractivity contribution in [1.29, 1.82) is 10.5 Å². The molecule has 4 heteroatoms. The van der Waals surface area contributed by atoms with E-state index in [1.54, 1.807) is 24.3 Å². The topological polar surface area (TPSA) is 64.7 Å². The van der Waals surface area contributed by atoms with Crippen LogP contribution in [0.4, 0.5) is 0 Å². The number of carbonyl (C=O) groups is 1. The first kappa shape index (κ1) is 10.2. The number of nitriles is 2. The van der Waals surface area contributed by atoms with Gasteiger partial charge in [0.1, 0.15) is 17.7 Å². The fourth-order valence-corrected chi connectivity index (χ4v) is 1.70. The SMILES string of the molecule is CC(=O)c1ccc(C=C(C#N)C#N)s1. The van der Waals surface area contributed by atoms with Crippen molar-refractivity contribution in [2.75, 3.05) is 0 Å². The van der Waals surface area contributed by atoms with Crippen LogP contribution < -0.4 is 0 Å². The molecule has 68 valence electrons. The summed E-state index contributed by atoms with van der Waals surface area (Å²) < 4.78 is 0. The molecule has 0 saturated heterocycles. The van der Waals surface area contributed by atoms with E-state index in [0.717, 1.165) is 4.88 Å². The Morgan fingerprint density at radius 2 is 2.07 bits per heavy atom. The molecule has 0 radical (unpaired) electrons. The Hall–Kier alpha value is -1.91. The molecule has 1 rings (SSSR count). The number of allylic oxidation sites excluding steroid dienone is 1. The normalized spacial score (nSPS) is 8.50. The second kappa shape index (κ2) is 4.36. The summed E-state index contributed by atoms with van der Waals surface area (Å²) in [4.78, 5) is 12.3. The highest BCUT2D eigenvalue weighted by Gasteiger charge is 2.03. The molecule has 1 heterocycles. The Kier molecular flexibility index (Phi) is 3.17. The van der Waals surface area contributed by atoms with Gasteiger partial charge in [-0.3, -0.25) is 4.79 Å². The van der Waals surface area contributed by atoms with E-state index < -0.39 is 0 Å². The molecule has 0 spiro atoms. The smallest absolute Gasteiger partial charge is 0.169 e. The minimum Gasteiger partial charge on any atom is -0.294 e. The van der Waals surface area contributed by atoms with Crippen LogP contribution in [0, 0.1) is 22.7 Å². The number of rotatable bonds is 2. The van der Waals surface area contributed by atoms with E-state index in [0.29, 0.717) is 4.88 Å². The molecule has 0 unspecified atom stereocenters. The molecular formula is C10H6N2OS. The summed E-state index contributed by atoms with van der Waals surface area (Å²) >= 11 is 1.27. The number of carbonyl (C=O) groups excluding carboxylic acids is 1. The van der Waals surface area contributed by atoms with E-state index >= 15 is 0 Å². The lowest BCUT2D eigenvalue weighted by atomic mass is 10.3. The Morgan fingerprint density at radius 1 is 1.43 bits per heavy atom. The van der Waals surface area contributed by atoms with E-state index in [4.69, 9.17) is 10.5 Å². The van der Waals surface area contributed by atoms with Crippen molar-refractivity contribution in [2.24, 2.45) is 0 Å². The fraction of sp³-hybridized carbons (Fsp3) is 0.100. The lowest BCUT2D eigenvalue weighted by Gasteiger charge is -1.84. The van der Waals surface area contributed by atoms with Gasteiger partial charge in [-0.25, -0.2) is 0 Å². The predicted molar refractivity (Wildman–Crippen MR) is 53.5 cm³/mol. The van der Waals surface area contributed by atoms with Gasteiger partial charge in [-0.1, -0.05) is 0 Å². The molecule has 0 N–H and O–H groups in total. The van der Waals surface area contributed by atoms with Crippen LogP contribution in [-0.4, -0.2) is 5.78 Å². The molecule has 1 aromatic rings. The van der Waals surface area contributed by atoms with Crippen molar-refractivity contribution in [2.45, 2.75) is 6.92 Å². The van der Waals surface area contributed by atoms with Crippen LogP contribution in [0.1, 0.15) is 21.5 Å². The largest absolute Gasteiger partial charge is 0.294 e. The van der Waals surface area contributed by atoms with Crippen LogP contribution in [0.2, 0.25) is 0 Å². The van der Waals surface area contributed by atoms with Crippen LogP contribution in [-0.2, 0) is 0 Å². The molecule has 0 aliphatic carbocycles. The number of hydrogen-bond acceptors (Lipinski definition) is 4. The van der Waals surface area contributed by atoms with Gasteiger partial charge in [-0.15, -0.1) is 11.3 Å². The van der Waals surface area contributed by atoms with Gasteiger partial charge in [0.15, 0.2) is 5.78 Å². The Morgan fingerprint density at radius 3 is 2.50 bits per heavy atom. The molecule has 1 aromatic heterocycles. The highest BCUT2D eigenvalue weighted by Crippen LogP contribution is 2.19. The Labute approximate surface area is 85.5 Å². The van der Waals surface area contributed by atoms with E-state index in [9.17, 15) is 4.79 Å². The second-order valence-electron chi connectivity index (χ2n) is 2.54. The summed E-state index contributed by atoms with van der Waals surface area (Å²) in [5.41, 5.74) is 0.0435. The van der Waals surface area contributed by atoms with Crippen LogP contribution in [0.5, 0.6) is 0 Å². The number of Topliss-reactive ketones (excluding diaryl/α,β-unsaturated/α-hetero) is 1. The monoisotopic (exact) mass is 202 g/mol. The van der Waals surface area contributed by atoms with Crippen LogP contribution >= 0.6 is 11.3 Å². The standard InChI is InChI=1S/C10H6N2OS/c1-7(13)10-3-2-9(14-10)4-8(5-11)6-12/h2-4H,1H3. The lowest BCUT2D eigenvalue weighted by molar-refractivity contribution is 0.102. The summed E-state index contributed by atoms with van der Waals surface area (Å²) in [6.45, 7) is 1.48. The first-order chi connectivity index (χ1) is 6.67. The third kappa shape index (κ3) is 2.29. The van der Waals surface area contributed by atoms with Crippen molar-refractivity contribution in [1.82, 2.24) is 0 Å². The molecule has 0 aliphatic rings. The summed E-state index contributed by atoms with van der Waals surface area (Å²) in [5, 5.41) is 17.0. The molecule has 0 bridgehead atoms. The average Bonchev–Trinajstić information content (AvgIpc) is 2.62. The van der Waals surface area contributed by atoms with Gasteiger partial charge in [0.25, 0.3) is 0 Å². The minimum absolute atomic E-state index is 0.00915. The molecular weight excluding hydrogens is 196 g/mol. The minimum atomic E-state index is -0.00915. The van der Waals surface area contributed by atoms with Gasteiger partial charge in [-0.05, 0) is 25.1 Å². The molecule has 0 fully saturated rings. The van der Waals surface area contributed by atoms with Crippen molar-refractivity contribution in [3.63, 3.8) is 0 Å². The first-order valence-corrected chi connectivity index (χ1v) is 4.61. The molecule has 14 heavy (non-hydrogen) atoms.